The van der Waals surface area contributed by atoms with Crippen molar-refractivity contribution in [3.63, 3.8) is 0 Å². The van der Waals surface area contributed by atoms with E-state index in [9.17, 15) is 4.79 Å². The van der Waals surface area contributed by atoms with Crippen molar-refractivity contribution in [2.24, 2.45) is 5.10 Å². The molecule has 0 aliphatic carbocycles. The van der Waals surface area contributed by atoms with E-state index in [1.165, 1.54) is 12.1 Å². The molecule has 5 heteroatoms. The Labute approximate surface area is 102 Å². The lowest BCUT2D eigenvalue weighted by Gasteiger charge is -2.00. The summed E-state index contributed by atoms with van der Waals surface area (Å²) >= 11 is 1.58. The van der Waals surface area contributed by atoms with Crippen molar-refractivity contribution >= 4 is 29.2 Å². The van der Waals surface area contributed by atoms with E-state index in [-0.39, 0.29) is 5.56 Å². The number of hydrazone groups is 1. The van der Waals surface area contributed by atoms with Crippen LogP contribution in [0.2, 0.25) is 0 Å². The van der Waals surface area contributed by atoms with Crippen LogP contribution in [0.15, 0.2) is 46.9 Å². The number of aromatic carboxylic acids is 1. The molecule has 1 aromatic heterocycles. The molecule has 2 aromatic rings. The first-order valence-electron chi connectivity index (χ1n) is 4.91. The number of nitrogens with zero attached hydrogens (tertiary/aromatic N) is 1. The number of carboxylic acids is 1. The molecule has 0 spiro atoms. The van der Waals surface area contributed by atoms with Gasteiger partial charge in [-0.25, -0.2) is 4.79 Å². The summed E-state index contributed by atoms with van der Waals surface area (Å²) in [5.41, 5.74) is 3.68. The summed E-state index contributed by atoms with van der Waals surface area (Å²) in [4.78, 5) is 11.8. The fourth-order valence-corrected chi connectivity index (χ4v) is 1.84. The van der Waals surface area contributed by atoms with Gasteiger partial charge in [0.15, 0.2) is 0 Å². The largest absolute Gasteiger partial charge is 0.478 e. The Hall–Kier alpha value is -2.14. The molecule has 2 N–H and O–H groups in total. The zero-order valence-electron chi connectivity index (χ0n) is 8.83. The van der Waals surface area contributed by atoms with E-state index < -0.39 is 5.97 Å². The van der Waals surface area contributed by atoms with Crippen molar-refractivity contribution in [1.82, 2.24) is 0 Å². The van der Waals surface area contributed by atoms with E-state index in [4.69, 9.17) is 5.11 Å². The van der Waals surface area contributed by atoms with Gasteiger partial charge >= 0.3 is 5.97 Å². The molecule has 0 unspecified atom stereocenters. The highest BCUT2D eigenvalue weighted by Crippen LogP contribution is 2.11. The first-order chi connectivity index (χ1) is 8.25. The molecule has 0 aliphatic rings. The summed E-state index contributed by atoms with van der Waals surface area (Å²) in [6.07, 6.45) is 1.69. The van der Waals surface area contributed by atoms with Gasteiger partial charge in [-0.2, -0.15) is 5.10 Å². The molecular weight excluding hydrogens is 236 g/mol. The average Bonchev–Trinajstić information content (AvgIpc) is 2.82. The van der Waals surface area contributed by atoms with E-state index in [0.717, 1.165) is 4.88 Å². The maximum Gasteiger partial charge on any atom is 0.335 e. The lowest BCUT2D eigenvalue weighted by atomic mass is 10.2. The van der Waals surface area contributed by atoms with Crippen LogP contribution in [0.1, 0.15) is 15.2 Å². The summed E-state index contributed by atoms with van der Waals surface area (Å²) in [5, 5.41) is 14.8. The number of anilines is 1. The normalized spacial score (nSPS) is 10.6. The van der Waals surface area contributed by atoms with Crippen molar-refractivity contribution in [2.75, 3.05) is 5.43 Å². The zero-order chi connectivity index (χ0) is 12.1. The van der Waals surface area contributed by atoms with Gasteiger partial charge in [0.05, 0.1) is 17.5 Å². The highest BCUT2D eigenvalue weighted by Gasteiger charge is 2.01. The van der Waals surface area contributed by atoms with Crippen LogP contribution in [0, 0.1) is 0 Å². The fourth-order valence-electron chi connectivity index (χ4n) is 1.26. The van der Waals surface area contributed by atoms with Gasteiger partial charge in [-0.3, -0.25) is 5.43 Å². The molecule has 0 radical (unpaired) electrons. The minimum absolute atomic E-state index is 0.237. The van der Waals surface area contributed by atoms with Gasteiger partial charge in [-0.05, 0) is 29.6 Å². The lowest BCUT2D eigenvalue weighted by Crippen LogP contribution is -1.97. The number of carbonyl (C=O) groups is 1. The minimum atomic E-state index is -0.948. The molecule has 0 saturated heterocycles. The van der Waals surface area contributed by atoms with Crippen LogP contribution in [-0.4, -0.2) is 17.3 Å². The summed E-state index contributed by atoms with van der Waals surface area (Å²) in [6, 6.07) is 10.4. The third kappa shape index (κ3) is 3.15. The first-order valence-corrected chi connectivity index (χ1v) is 5.79. The molecular formula is C12H10N2O2S. The average molecular weight is 246 g/mol. The van der Waals surface area contributed by atoms with Gasteiger partial charge in [0.1, 0.15) is 0 Å². The van der Waals surface area contributed by atoms with Crippen molar-refractivity contribution in [1.29, 1.82) is 0 Å². The van der Waals surface area contributed by atoms with E-state index >= 15 is 0 Å². The molecule has 2 rings (SSSR count). The number of nitrogens with one attached hydrogen (secondary N) is 1. The van der Waals surface area contributed by atoms with Gasteiger partial charge in [0.25, 0.3) is 0 Å². The maximum atomic E-state index is 10.7. The Morgan fingerprint density at radius 2 is 2.24 bits per heavy atom. The minimum Gasteiger partial charge on any atom is -0.478 e. The van der Waals surface area contributed by atoms with Gasteiger partial charge in [-0.1, -0.05) is 12.1 Å². The molecule has 1 aromatic carbocycles. The Balaban J connectivity index is 2.04. The summed E-state index contributed by atoms with van der Waals surface area (Å²) in [6.45, 7) is 0. The van der Waals surface area contributed by atoms with Crippen LogP contribution in [-0.2, 0) is 0 Å². The first kappa shape index (κ1) is 11.3. The second kappa shape index (κ2) is 5.27. The Morgan fingerprint density at radius 1 is 1.35 bits per heavy atom. The van der Waals surface area contributed by atoms with E-state index in [2.05, 4.69) is 10.5 Å². The molecule has 0 aliphatic heterocycles. The highest BCUT2D eigenvalue weighted by molar-refractivity contribution is 7.11. The van der Waals surface area contributed by atoms with E-state index in [1.54, 1.807) is 29.7 Å². The second-order valence-electron chi connectivity index (χ2n) is 3.27. The number of carboxylic acid groups (broad SMARTS) is 1. The molecule has 0 bridgehead atoms. The summed E-state index contributed by atoms with van der Waals surface area (Å²) in [5.74, 6) is -0.948. The molecule has 1 heterocycles. The van der Waals surface area contributed by atoms with Gasteiger partial charge < -0.3 is 5.11 Å². The van der Waals surface area contributed by atoms with Crippen LogP contribution in [0.25, 0.3) is 0 Å². The zero-order valence-corrected chi connectivity index (χ0v) is 9.65. The lowest BCUT2D eigenvalue weighted by molar-refractivity contribution is 0.0697. The van der Waals surface area contributed by atoms with E-state index in [1.807, 2.05) is 17.5 Å². The number of hydrogen-bond donors (Lipinski definition) is 2. The molecule has 0 saturated carbocycles. The maximum absolute atomic E-state index is 10.7. The summed E-state index contributed by atoms with van der Waals surface area (Å²) in [7, 11) is 0. The molecule has 86 valence electrons. The topological polar surface area (TPSA) is 61.7 Å². The van der Waals surface area contributed by atoms with Gasteiger partial charge in [-0.15, -0.1) is 11.3 Å². The predicted octanol–water partition coefficient (Wildman–Crippen LogP) is 2.89. The number of thiophene rings is 1. The second-order valence-corrected chi connectivity index (χ2v) is 4.25. The highest BCUT2D eigenvalue weighted by atomic mass is 32.1. The molecule has 4 nitrogen and oxygen atoms in total. The van der Waals surface area contributed by atoms with Crippen LogP contribution in [0.4, 0.5) is 5.69 Å². The SMILES string of the molecule is O=C(O)c1cccc(N/N=C/c2cccs2)c1. The van der Waals surface area contributed by atoms with Crippen molar-refractivity contribution in [3.8, 4) is 0 Å². The van der Waals surface area contributed by atoms with Crippen molar-refractivity contribution in [2.45, 2.75) is 0 Å². The van der Waals surface area contributed by atoms with Crippen LogP contribution in [0.5, 0.6) is 0 Å². The smallest absolute Gasteiger partial charge is 0.335 e. The van der Waals surface area contributed by atoms with Crippen LogP contribution < -0.4 is 5.43 Å². The van der Waals surface area contributed by atoms with Crippen LogP contribution >= 0.6 is 11.3 Å². The number of hydrogen-bond acceptors (Lipinski definition) is 4. The quantitative estimate of drug-likeness (QED) is 0.644. The van der Waals surface area contributed by atoms with Crippen molar-refractivity contribution in [3.05, 3.63) is 52.2 Å². The third-order valence-corrected chi connectivity index (χ3v) is 2.85. The Bertz CT molecular complexity index is 535. The van der Waals surface area contributed by atoms with Gasteiger partial charge in [0.2, 0.25) is 0 Å². The van der Waals surface area contributed by atoms with Crippen LogP contribution in [0.3, 0.4) is 0 Å². The predicted molar refractivity (Wildman–Crippen MR) is 68.9 cm³/mol. The monoisotopic (exact) mass is 246 g/mol. The van der Waals surface area contributed by atoms with Crippen molar-refractivity contribution < 1.29 is 9.90 Å². The molecule has 17 heavy (non-hydrogen) atoms. The fraction of sp³-hybridized carbons (Fsp3) is 0. The molecule has 0 amide bonds. The molecule has 0 atom stereocenters. The number of rotatable bonds is 4. The van der Waals surface area contributed by atoms with E-state index in [0.29, 0.717) is 5.69 Å². The third-order valence-electron chi connectivity index (χ3n) is 2.04. The summed E-state index contributed by atoms with van der Waals surface area (Å²) < 4.78 is 0. The Morgan fingerprint density at radius 3 is 2.94 bits per heavy atom. The standard InChI is InChI=1S/C12H10N2O2S/c15-12(16)9-3-1-4-10(7-9)14-13-8-11-5-2-6-17-11/h1-8,14H,(H,15,16)/b13-8+. The number of benzene rings is 1. The molecule has 0 fully saturated rings. The van der Waals surface area contributed by atoms with Gasteiger partial charge in [0, 0.05) is 4.88 Å². The Kier molecular flexibility index (Phi) is 3.52.